The summed E-state index contributed by atoms with van der Waals surface area (Å²) >= 11 is 0. The highest BCUT2D eigenvalue weighted by molar-refractivity contribution is 6.07. The van der Waals surface area contributed by atoms with Gasteiger partial charge in [0, 0.05) is 17.6 Å². The number of nitrogens with two attached hydrogens (primary N) is 1. The minimum atomic E-state index is -0.330. The van der Waals surface area contributed by atoms with Gasteiger partial charge < -0.3 is 15.6 Å². The first-order valence-electron chi connectivity index (χ1n) is 9.10. The molecule has 1 amide bonds. The molecule has 27 heavy (non-hydrogen) atoms. The minimum Gasteiger partial charge on any atom is -0.349 e. The van der Waals surface area contributed by atoms with E-state index in [0.717, 1.165) is 25.7 Å². The Morgan fingerprint density at radius 1 is 1.22 bits per heavy atom. The van der Waals surface area contributed by atoms with E-state index >= 15 is 0 Å². The van der Waals surface area contributed by atoms with Crippen LogP contribution in [0.25, 0.3) is 22.4 Å². The monoisotopic (exact) mass is 368 g/mol. The zero-order chi connectivity index (χ0) is 19.0. The van der Waals surface area contributed by atoms with Crippen LogP contribution < -0.4 is 11.1 Å². The molecule has 0 radical (unpaired) electrons. The summed E-state index contributed by atoms with van der Waals surface area (Å²) in [6.45, 7) is 1.78. The second-order valence-electron chi connectivity index (χ2n) is 7.10. The van der Waals surface area contributed by atoms with Gasteiger partial charge >= 0.3 is 0 Å². The normalized spacial score (nSPS) is 20.0. The molecule has 0 aliphatic heterocycles. The third-order valence-electron chi connectivity index (χ3n) is 5.11. The fraction of sp³-hybridized carbons (Fsp3) is 0.350. The maximum Gasteiger partial charge on any atom is 0.259 e. The molecule has 0 bridgehead atoms. The first-order valence-corrected chi connectivity index (χ1v) is 9.10. The van der Waals surface area contributed by atoms with Gasteiger partial charge in [-0.2, -0.15) is 0 Å². The van der Waals surface area contributed by atoms with Crippen LogP contribution in [0.2, 0.25) is 0 Å². The number of aryl methyl sites for hydroxylation is 1. The van der Waals surface area contributed by atoms with Gasteiger partial charge in [-0.1, -0.05) is 5.16 Å². The van der Waals surface area contributed by atoms with Gasteiger partial charge in [0.15, 0.2) is 0 Å². The number of rotatable bonds is 3. The number of aromatic nitrogens is 2. The SMILES string of the molecule is Cc1noc2nc(-c3ccc(F)cc3)cc(C(=O)NC3CCC(N)CC3)c12. The largest absolute Gasteiger partial charge is 0.349 e. The predicted molar refractivity (Wildman–Crippen MR) is 99.6 cm³/mol. The molecule has 0 unspecified atom stereocenters. The zero-order valence-corrected chi connectivity index (χ0v) is 15.0. The Labute approximate surface area is 155 Å². The van der Waals surface area contributed by atoms with Crippen molar-refractivity contribution < 1.29 is 13.7 Å². The highest BCUT2D eigenvalue weighted by atomic mass is 19.1. The van der Waals surface area contributed by atoms with Crippen LogP contribution in [0.4, 0.5) is 4.39 Å². The Kier molecular flexibility index (Phi) is 4.61. The summed E-state index contributed by atoms with van der Waals surface area (Å²) < 4.78 is 18.5. The van der Waals surface area contributed by atoms with Crippen LogP contribution in [-0.4, -0.2) is 28.1 Å². The van der Waals surface area contributed by atoms with E-state index in [-0.39, 0.29) is 23.8 Å². The minimum absolute atomic E-state index is 0.106. The molecule has 3 aromatic rings. The fourth-order valence-electron chi connectivity index (χ4n) is 3.57. The molecule has 1 fully saturated rings. The predicted octanol–water partition coefficient (Wildman–Crippen LogP) is 3.34. The second kappa shape index (κ2) is 7.08. The molecule has 1 saturated carbocycles. The molecule has 0 spiro atoms. The van der Waals surface area contributed by atoms with E-state index in [1.165, 1.54) is 12.1 Å². The number of nitrogens with zero attached hydrogens (tertiary/aromatic N) is 2. The van der Waals surface area contributed by atoms with E-state index in [9.17, 15) is 9.18 Å². The van der Waals surface area contributed by atoms with Crippen LogP contribution in [0.15, 0.2) is 34.9 Å². The van der Waals surface area contributed by atoms with Gasteiger partial charge in [0.2, 0.25) is 0 Å². The maximum atomic E-state index is 13.2. The lowest BCUT2D eigenvalue weighted by atomic mass is 9.91. The summed E-state index contributed by atoms with van der Waals surface area (Å²) in [7, 11) is 0. The Bertz CT molecular complexity index is 976. The molecule has 2 heterocycles. The Morgan fingerprint density at radius 2 is 1.93 bits per heavy atom. The van der Waals surface area contributed by atoms with Gasteiger partial charge in [-0.25, -0.2) is 9.37 Å². The molecule has 0 atom stereocenters. The van der Waals surface area contributed by atoms with E-state index in [1.807, 2.05) is 0 Å². The second-order valence-corrected chi connectivity index (χ2v) is 7.10. The Balaban J connectivity index is 1.70. The Morgan fingerprint density at radius 3 is 2.63 bits per heavy atom. The lowest BCUT2D eigenvalue weighted by molar-refractivity contribution is 0.0927. The van der Waals surface area contributed by atoms with E-state index in [1.54, 1.807) is 25.1 Å². The van der Waals surface area contributed by atoms with Crippen LogP contribution in [-0.2, 0) is 0 Å². The molecule has 3 N–H and O–H groups in total. The van der Waals surface area contributed by atoms with Gasteiger partial charge in [-0.3, -0.25) is 4.79 Å². The van der Waals surface area contributed by atoms with Crippen LogP contribution in [0.5, 0.6) is 0 Å². The first-order chi connectivity index (χ1) is 13.0. The van der Waals surface area contributed by atoms with Crippen LogP contribution in [0.3, 0.4) is 0 Å². The highest BCUT2D eigenvalue weighted by Gasteiger charge is 2.24. The molecule has 4 rings (SSSR count). The van der Waals surface area contributed by atoms with Crippen molar-refractivity contribution in [2.24, 2.45) is 5.73 Å². The Hall–Kier alpha value is -2.80. The molecule has 140 valence electrons. The van der Waals surface area contributed by atoms with E-state index in [0.29, 0.717) is 33.6 Å². The number of amides is 1. The summed E-state index contributed by atoms with van der Waals surface area (Å²) in [4.78, 5) is 17.4. The van der Waals surface area contributed by atoms with E-state index in [2.05, 4.69) is 15.5 Å². The third-order valence-corrected chi connectivity index (χ3v) is 5.11. The number of benzene rings is 1. The quantitative estimate of drug-likeness (QED) is 0.739. The number of pyridine rings is 1. The van der Waals surface area contributed by atoms with Crippen LogP contribution in [0, 0.1) is 12.7 Å². The number of halogens is 1. The van der Waals surface area contributed by atoms with Gasteiger partial charge in [0.05, 0.1) is 22.3 Å². The average molecular weight is 368 g/mol. The maximum absolute atomic E-state index is 13.2. The smallest absolute Gasteiger partial charge is 0.259 e. The lowest BCUT2D eigenvalue weighted by Crippen LogP contribution is -2.40. The molecular weight excluding hydrogens is 347 g/mol. The molecule has 7 heteroatoms. The van der Waals surface area contributed by atoms with Gasteiger partial charge in [0.25, 0.3) is 11.6 Å². The zero-order valence-electron chi connectivity index (χ0n) is 15.0. The molecule has 2 aromatic heterocycles. The van der Waals surface area contributed by atoms with Gasteiger partial charge in [0.1, 0.15) is 5.82 Å². The van der Waals surface area contributed by atoms with Crippen molar-refractivity contribution in [1.29, 1.82) is 0 Å². The average Bonchev–Trinajstić information content (AvgIpc) is 3.04. The highest BCUT2D eigenvalue weighted by Crippen LogP contribution is 2.28. The van der Waals surface area contributed by atoms with E-state index in [4.69, 9.17) is 10.3 Å². The van der Waals surface area contributed by atoms with Crippen LogP contribution >= 0.6 is 0 Å². The van der Waals surface area contributed by atoms with Crippen molar-refractivity contribution in [2.45, 2.75) is 44.7 Å². The summed E-state index contributed by atoms with van der Waals surface area (Å²) in [6, 6.07) is 8.00. The molecule has 0 saturated heterocycles. The summed E-state index contributed by atoms with van der Waals surface area (Å²) in [5.41, 5.74) is 8.55. The van der Waals surface area contributed by atoms with Crippen molar-refractivity contribution in [3.8, 4) is 11.3 Å². The molecule has 1 aromatic carbocycles. The molecular formula is C20H21FN4O2. The van der Waals surface area contributed by atoms with Crippen LogP contribution in [0.1, 0.15) is 41.7 Å². The number of hydrogen-bond acceptors (Lipinski definition) is 5. The van der Waals surface area contributed by atoms with Crippen molar-refractivity contribution in [3.63, 3.8) is 0 Å². The summed E-state index contributed by atoms with van der Waals surface area (Å²) in [5.74, 6) is -0.513. The molecule has 1 aliphatic rings. The molecule has 1 aliphatic carbocycles. The first kappa shape index (κ1) is 17.6. The van der Waals surface area contributed by atoms with Crippen molar-refractivity contribution >= 4 is 17.0 Å². The number of nitrogens with one attached hydrogen (secondary N) is 1. The number of fused-ring (bicyclic) bond motifs is 1. The van der Waals surface area contributed by atoms with E-state index < -0.39 is 0 Å². The standard InChI is InChI=1S/C20H21FN4O2/c1-11-18-16(19(26)23-15-8-6-14(22)7-9-15)10-17(24-20(18)27-25-11)12-2-4-13(21)5-3-12/h2-5,10,14-15H,6-9,22H2,1H3,(H,23,26). The number of hydrogen-bond donors (Lipinski definition) is 2. The topological polar surface area (TPSA) is 94.0 Å². The lowest BCUT2D eigenvalue weighted by Gasteiger charge is -2.26. The van der Waals surface area contributed by atoms with Gasteiger partial charge in [-0.05, 0) is 62.9 Å². The number of carbonyl (C=O) groups is 1. The summed E-state index contributed by atoms with van der Waals surface area (Å²) in [6.07, 6.45) is 3.55. The van der Waals surface area contributed by atoms with Crippen molar-refractivity contribution in [1.82, 2.24) is 15.5 Å². The fourth-order valence-corrected chi connectivity index (χ4v) is 3.57. The van der Waals surface area contributed by atoms with Crippen molar-refractivity contribution in [2.75, 3.05) is 0 Å². The molecule has 6 nitrogen and oxygen atoms in total. The van der Waals surface area contributed by atoms with Crippen molar-refractivity contribution in [3.05, 3.63) is 47.4 Å². The summed E-state index contributed by atoms with van der Waals surface area (Å²) in [5, 5.41) is 7.65. The third kappa shape index (κ3) is 3.55. The van der Waals surface area contributed by atoms with Gasteiger partial charge in [-0.15, -0.1) is 0 Å². The number of carbonyl (C=O) groups excluding carboxylic acids is 1.